The minimum Gasteiger partial charge on any atom is -0.322 e. The fraction of sp³-hybridized carbons (Fsp3) is 0.143. The Balaban J connectivity index is 2.16. The molecule has 1 amide bonds. The third kappa shape index (κ3) is 3.46. The van der Waals surface area contributed by atoms with Crippen molar-refractivity contribution in [2.75, 3.05) is 10.7 Å². The second-order valence-electron chi connectivity index (χ2n) is 4.21. The summed E-state index contributed by atoms with van der Waals surface area (Å²) in [4.78, 5) is 16.0. The van der Waals surface area contributed by atoms with Crippen LogP contribution in [0.15, 0.2) is 36.4 Å². The number of benzene rings is 1. The molecule has 1 aromatic heterocycles. The Bertz CT molecular complexity index is 613. The normalized spacial score (nSPS) is 10.2. The number of hydrazine groups is 1. The van der Waals surface area contributed by atoms with E-state index in [1.807, 2.05) is 24.3 Å². The highest BCUT2D eigenvalue weighted by atomic mass is 35.5. The van der Waals surface area contributed by atoms with Gasteiger partial charge in [-0.15, -0.1) is 0 Å². The van der Waals surface area contributed by atoms with E-state index >= 15 is 0 Å². The van der Waals surface area contributed by atoms with Crippen LogP contribution in [0.4, 0.5) is 11.5 Å². The fourth-order valence-corrected chi connectivity index (χ4v) is 1.94. The maximum absolute atomic E-state index is 12.1. The van der Waals surface area contributed by atoms with Crippen LogP contribution in [0.5, 0.6) is 0 Å². The summed E-state index contributed by atoms with van der Waals surface area (Å²) >= 11 is 5.83. The highest BCUT2D eigenvalue weighted by molar-refractivity contribution is 6.30. The molecule has 0 aliphatic carbocycles. The zero-order valence-electron chi connectivity index (χ0n) is 11.0. The van der Waals surface area contributed by atoms with Gasteiger partial charge in [0.1, 0.15) is 11.0 Å². The van der Waals surface area contributed by atoms with Crippen LogP contribution in [-0.2, 0) is 6.42 Å². The van der Waals surface area contributed by atoms with Gasteiger partial charge in [0.15, 0.2) is 0 Å². The first-order chi connectivity index (χ1) is 9.62. The third-order valence-corrected chi connectivity index (χ3v) is 3.02. The van der Waals surface area contributed by atoms with Gasteiger partial charge in [-0.05, 0) is 36.2 Å². The zero-order valence-corrected chi connectivity index (χ0v) is 11.7. The van der Waals surface area contributed by atoms with E-state index < -0.39 is 0 Å². The number of pyridine rings is 1. The lowest BCUT2D eigenvalue weighted by Gasteiger charge is -2.08. The van der Waals surface area contributed by atoms with Crippen molar-refractivity contribution in [2.24, 2.45) is 5.84 Å². The number of carbonyl (C=O) groups is 1. The second-order valence-corrected chi connectivity index (χ2v) is 4.60. The summed E-state index contributed by atoms with van der Waals surface area (Å²) in [7, 11) is 0. The summed E-state index contributed by atoms with van der Waals surface area (Å²) in [6, 6.07) is 10.7. The maximum Gasteiger partial charge on any atom is 0.255 e. The van der Waals surface area contributed by atoms with E-state index in [2.05, 4.69) is 22.7 Å². The largest absolute Gasteiger partial charge is 0.322 e. The summed E-state index contributed by atoms with van der Waals surface area (Å²) in [5, 5.41) is 2.99. The van der Waals surface area contributed by atoms with Gasteiger partial charge in [0.2, 0.25) is 0 Å². The molecule has 1 heterocycles. The van der Waals surface area contributed by atoms with Crippen LogP contribution < -0.4 is 16.6 Å². The molecule has 5 nitrogen and oxygen atoms in total. The van der Waals surface area contributed by atoms with Gasteiger partial charge in [0.25, 0.3) is 5.91 Å². The van der Waals surface area contributed by atoms with Gasteiger partial charge in [-0.25, -0.2) is 10.8 Å². The number of rotatable bonds is 4. The Labute approximate surface area is 122 Å². The van der Waals surface area contributed by atoms with Gasteiger partial charge < -0.3 is 10.7 Å². The molecule has 0 aliphatic rings. The maximum atomic E-state index is 12.1. The summed E-state index contributed by atoms with van der Waals surface area (Å²) in [5.74, 6) is 5.34. The second kappa shape index (κ2) is 6.36. The van der Waals surface area contributed by atoms with Crippen LogP contribution in [0, 0.1) is 0 Å². The molecule has 20 heavy (non-hydrogen) atoms. The van der Waals surface area contributed by atoms with Gasteiger partial charge in [-0.2, -0.15) is 0 Å². The molecule has 0 saturated carbocycles. The summed E-state index contributed by atoms with van der Waals surface area (Å²) in [6.45, 7) is 2.08. The van der Waals surface area contributed by atoms with Crippen LogP contribution >= 0.6 is 11.6 Å². The number of nitrogen functional groups attached to an aromatic ring is 1. The van der Waals surface area contributed by atoms with Crippen LogP contribution in [-0.4, -0.2) is 10.9 Å². The lowest BCUT2D eigenvalue weighted by atomic mass is 10.1. The Morgan fingerprint density at radius 3 is 2.60 bits per heavy atom. The predicted molar refractivity (Wildman–Crippen MR) is 80.8 cm³/mol. The van der Waals surface area contributed by atoms with Gasteiger partial charge in [0, 0.05) is 11.3 Å². The molecule has 2 aromatic rings. The molecule has 0 radical (unpaired) electrons. The number of nitrogens with zero attached hydrogens (tertiary/aromatic N) is 1. The van der Waals surface area contributed by atoms with Crippen molar-refractivity contribution in [1.82, 2.24) is 4.98 Å². The minimum atomic E-state index is -0.268. The molecule has 1 aromatic carbocycles. The minimum absolute atomic E-state index is 0.201. The SMILES string of the molecule is CCc1ccc(NC(=O)c2cc(Cl)nc(NN)c2)cc1. The molecule has 0 bridgehead atoms. The van der Waals surface area contributed by atoms with E-state index in [1.165, 1.54) is 17.7 Å². The number of hydrogen-bond donors (Lipinski definition) is 3. The summed E-state index contributed by atoms with van der Waals surface area (Å²) in [5.41, 5.74) is 4.69. The Kier molecular flexibility index (Phi) is 4.55. The number of amides is 1. The Morgan fingerprint density at radius 2 is 2.00 bits per heavy atom. The van der Waals surface area contributed by atoms with E-state index in [-0.39, 0.29) is 11.1 Å². The number of aryl methyl sites for hydroxylation is 1. The van der Waals surface area contributed by atoms with Crippen molar-refractivity contribution in [1.29, 1.82) is 0 Å². The van der Waals surface area contributed by atoms with E-state index in [1.54, 1.807) is 0 Å². The molecule has 2 rings (SSSR count). The number of hydrogen-bond acceptors (Lipinski definition) is 4. The van der Waals surface area contributed by atoms with Gasteiger partial charge >= 0.3 is 0 Å². The molecule has 104 valence electrons. The van der Waals surface area contributed by atoms with Gasteiger partial charge in [-0.1, -0.05) is 30.7 Å². The van der Waals surface area contributed by atoms with E-state index in [9.17, 15) is 4.79 Å². The van der Waals surface area contributed by atoms with Crippen LogP contribution in [0.25, 0.3) is 0 Å². The standard InChI is InChI=1S/C14H15ClN4O/c1-2-9-3-5-11(6-4-9)17-14(20)10-7-12(15)18-13(8-10)19-16/h3-8H,2,16H2,1H3,(H,17,20)(H,18,19). The zero-order chi connectivity index (χ0) is 14.5. The topological polar surface area (TPSA) is 80.0 Å². The number of nitrogens with two attached hydrogens (primary N) is 1. The number of carbonyl (C=O) groups excluding carboxylic acids is 1. The predicted octanol–water partition coefficient (Wildman–Crippen LogP) is 2.84. The molecule has 0 unspecified atom stereocenters. The van der Waals surface area contributed by atoms with E-state index in [0.717, 1.165) is 12.1 Å². The lowest BCUT2D eigenvalue weighted by Crippen LogP contribution is -2.14. The quantitative estimate of drug-likeness (QED) is 0.459. The molecule has 0 aliphatic heterocycles. The Morgan fingerprint density at radius 1 is 1.30 bits per heavy atom. The number of halogens is 1. The molecule has 4 N–H and O–H groups in total. The fourth-order valence-electron chi connectivity index (χ4n) is 1.73. The lowest BCUT2D eigenvalue weighted by molar-refractivity contribution is 0.102. The van der Waals surface area contributed by atoms with Crippen LogP contribution in [0.2, 0.25) is 5.15 Å². The number of aromatic nitrogens is 1. The molecule has 6 heteroatoms. The number of anilines is 2. The van der Waals surface area contributed by atoms with Crippen molar-refractivity contribution < 1.29 is 4.79 Å². The first-order valence-corrected chi connectivity index (χ1v) is 6.54. The monoisotopic (exact) mass is 290 g/mol. The van der Waals surface area contributed by atoms with Crippen LogP contribution in [0.1, 0.15) is 22.8 Å². The third-order valence-electron chi connectivity index (χ3n) is 2.82. The van der Waals surface area contributed by atoms with Crippen molar-refractivity contribution in [3.05, 3.63) is 52.7 Å². The molecular formula is C14H15ClN4O. The molecule has 0 fully saturated rings. The first kappa shape index (κ1) is 14.3. The highest BCUT2D eigenvalue weighted by Gasteiger charge is 2.09. The van der Waals surface area contributed by atoms with Crippen molar-refractivity contribution in [3.8, 4) is 0 Å². The van der Waals surface area contributed by atoms with Gasteiger partial charge in [0.05, 0.1) is 0 Å². The molecular weight excluding hydrogens is 276 g/mol. The van der Waals surface area contributed by atoms with Crippen LogP contribution in [0.3, 0.4) is 0 Å². The van der Waals surface area contributed by atoms with Crippen molar-refractivity contribution >= 4 is 29.0 Å². The molecule has 0 atom stereocenters. The molecule has 0 saturated heterocycles. The molecule has 0 spiro atoms. The summed E-state index contributed by atoms with van der Waals surface area (Å²) < 4.78 is 0. The number of nitrogens with one attached hydrogen (secondary N) is 2. The van der Waals surface area contributed by atoms with Crippen molar-refractivity contribution in [2.45, 2.75) is 13.3 Å². The highest BCUT2D eigenvalue weighted by Crippen LogP contribution is 2.16. The smallest absolute Gasteiger partial charge is 0.255 e. The van der Waals surface area contributed by atoms with Crippen molar-refractivity contribution in [3.63, 3.8) is 0 Å². The Hall–Kier alpha value is -2.11. The average molecular weight is 291 g/mol. The summed E-state index contributed by atoms with van der Waals surface area (Å²) in [6.07, 6.45) is 0.958. The van der Waals surface area contributed by atoms with Gasteiger partial charge in [-0.3, -0.25) is 4.79 Å². The first-order valence-electron chi connectivity index (χ1n) is 6.17. The van der Waals surface area contributed by atoms with E-state index in [0.29, 0.717) is 11.4 Å². The van der Waals surface area contributed by atoms with E-state index in [4.69, 9.17) is 17.4 Å². The average Bonchev–Trinajstić information content (AvgIpc) is 2.47.